The zero-order valence-corrected chi connectivity index (χ0v) is 15.8. The van der Waals surface area contributed by atoms with Crippen LogP contribution >= 0.6 is 0 Å². The summed E-state index contributed by atoms with van der Waals surface area (Å²) in [7, 11) is 2.62. The van der Waals surface area contributed by atoms with Crippen LogP contribution in [0, 0.1) is 10.1 Å². The Kier molecular flexibility index (Phi) is 5.40. The van der Waals surface area contributed by atoms with E-state index in [-0.39, 0.29) is 51.6 Å². The predicted molar refractivity (Wildman–Crippen MR) is 104 cm³/mol. The van der Waals surface area contributed by atoms with Crippen molar-refractivity contribution in [3.63, 3.8) is 0 Å². The number of non-ortho nitro benzene ring substituents is 1. The molecule has 0 fully saturated rings. The highest BCUT2D eigenvalue weighted by Gasteiger charge is 2.18. The van der Waals surface area contributed by atoms with Gasteiger partial charge in [0.1, 0.15) is 0 Å². The molecule has 0 atom stereocenters. The lowest BCUT2D eigenvalue weighted by Gasteiger charge is -2.12. The number of phenolic OH excluding ortho intramolecular Hbond substituents is 1. The molecule has 156 valence electrons. The van der Waals surface area contributed by atoms with Gasteiger partial charge in [0.25, 0.3) is 11.6 Å². The Morgan fingerprint density at radius 1 is 1.10 bits per heavy atom. The molecule has 3 aromatic rings. The number of hydrogen-bond acceptors (Lipinski definition) is 8. The first-order valence-corrected chi connectivity index (χ1v) is 8.42. The van der Waals surface area contributed by atoms with Crippen molar-refractivity contribution in [2.75, 3.05) is 14.2 Å². The number of phenols is 1. The third-order valence-electron chi connectivity index (χ3n) is 4.29. The van der Waals surface area contributed by atoms with Crippen molar-refractivity contribution < 1.29 is 24.3 Å². The van der Waals surface area contributed by atoms with E-state index in [1.165, 1.54) is 32.4 Å². The molecule has 12 nitrogen and oxygen atoms in total. The third kappa shape index (κ3) is 3.78. The van der Waals surface area contributed by atoms with Crippen LogP contribution in [0.15, 0.2) is 33.9 Å². The summed E-state index contributed by atoms with van der Waals surface area (Å²) in [6.07, 6.45) is 0. The van der Waals surface area contributed by atoms with E-state index in [0.717, 1.165) is 6.07 Å². The molecule has 0 aliphatic heterocycles. The van der Waals surface area contributed by atoms with Gasteiger partial charge in [-0.15, -0.1) is 0 Å². The number of hydrogen-bond donors (Lipinski definition) is 4. The summed E-state index contributed by atoms with van der Waals surface area (Å²) in [5.41, 5.74) is -1.73. The summed E-state index contributed by atoms with van der Waals surface area (Å²) in [4.78, 5) is 50.9. The molecule has 1 amide bonds. The molecule has 2 aromatic carbocycles. The topological polar surface area (TPSA) is 177 Å². The van der Waals surface area contributed by atoms with Gasteiger partial charge in [0.15, 0.2) is 11.5 Å². The fraction of sp³-hybridized carbons (Fsp3) is 0.167. The number of methoxy groups -OCH3 is 2. The summed E-state index contributed by atoms with van der Waals surface area (Å²) in [5, 5.41) is 23.7. The van der Waals surface area contributed by atoms with E-state index in [2.05, 4.69) is 15.3 Å². The SMILES string of the molecule is COc1cc(C(=O)NCc2cc([N+](=O)[O-])cc3[nH]c(=O)c(=O)[nH]c23)cc(OC)c1O. The van der Waals surface area contributed by atoms with Crippen LogP contribution in [-0.2, 0) is 6.54 Å². The zero-order chi connectivity index (χ0) is 22.0. The largest absolute Gasteiger partial charge is 0.502 e. The van der Waals surface area contributed by atoms with Crippen LogP contribution in [0.3, 0.4) is 0 Å². The quantitative estimate of drug-likeness (QED) is 0.259. The maximum Gasteiger partial charge on any atom is 0.314 e. The first-order chi connectivity index (χ1) is 14.2. The van der Waals surface area contributed by atoms with Gasteiger partial charge in [-0.25, -0.2) is 0 Å². The van der Waals surface area contributed by atoms with Crippen LogP contribution in [0.1, 0.15) is 15.9 Å². The molecular weight excluding hydrogens is 400 g/mol. The smallest absolute Gasteiger partial charge is 0.314 e. The Bertz CT molecular complexity index is 1250. The number of ether oxygens (including phenoxy) is 2. The summed E-state index contributed by atoms with van der Waals surface area (Å²) in [6, 6.07) is 4.86. The van der Waals surface area contributed by atoms with E-state index in [9.17, 15) is 29.6 Å². The second kappa shape index (κ2) is 7.95. The number of benzene rings is 2. The molecule has 0 unspecified atom stereocenters. The molecule has 0 aliphatic carbocycles. The number of nitrogens with zero attached hydrogens (tertiary/aromatic N) is 1. The van der Waals surface area contributed by atoms with Gasteiger partial charge < -0.3 is 29.9 Å². The lowest BCUT2D eigenvalue weighted by Crippen LogP contribution is -2.30. The van der Waals surface area contributed by atoms with E-state index >= 15 is 0 Å². The Labute approximate surface area is 167 Å². The van der Waals surface area contributed by atoms with E-state index in [1.54, 1.807) is 0 Å². The van der Waals surface area contributed by atoms with Gasteiger partial charge in [0, 0.05) is 29.8 Å². The highest BCUT2D eigenvalue weighted by Crippen LogP contribution is 2.37. The standard InChI is InChI=1S/C18H16N4O8/c1-29-12-4-8(5-13(30-2)15(12)23)16(24)19-7-9-3-10(22(27)28)6-11-14(9)21-18(26)17(25)20-11/h3-6,23H,7H2,1-2H3,(H,19,24)(H,20,25)(H,21,26). The van der Waals surface area contributed by atoms with E-state index < -0.39 is 21.9 Å². The van der Waals surface area contributed by atoms with Crippen molar-refractivity contribution >= 4 is 22.6 Å². The van der Waals surface area contributed by atoms with Crippen molar-refractivity contribution in [2.24, 2.45) is 0 Å². The molecule has 30 heavy (non-hydrogen) atoms. The first kappa shape index (κ1) is 20.4. The molecule has 4 N–H and O–H groups in total. The van der Waals surface area contributed by atoms with Gasteiger partial charge in [0.05, 0.1) is 30.2 Å². The van der Waals surface area contributed by atoms with Crippen LogP contribution < -0.4 is 25.9 Å². The second-order valence-corrected chi connectivity index (χ2v) is 6.10. The average Bonchev–Trinajstić information content (AvgIpc) is 2.72. The Morgan fingerprint density at radius 3 is 2.27 bits per heavy atom. The maximum absolute atomic E-state index is 12.6. The lowest BCUT2D eigenvalue weighted by atomic mass is 10.1. The van der Waals surface area contributed by atoms with Crippen molar-refractivity contribution in [1.29, 1.82) is 0 Å². The molecule has 0 aliphatic rings. The number of nitrogens with one attached hydrogen (secondary N) is 3. The van der Waals surface area contributed by atoms with Crippen LogP contribution in [0.4, 0.5) is 5.69 Å². The Balaban J connectivity index is 1.98. The number of rotatable bonds is 6. The Morgan fingerprint density at radius 2 is 1.70 bits per heavy atom. The van der Waals surface area contributed by atoms with Crippen LogP contribution in [0.25, 0.3) is 11.0 Å². The van der Waals surface area contributed by atoms with Crippen LogP contribution in [0.2, 0.25) is 0 Å². The molecule has 0 radical (unpaired) electrons. The van der Waals surface area contributed by atoms with Crippen molar-refractivity contribution in [1.82, 2.24) is 15.3 Å². The molecule has 0 spiro atoms. The number of nitro benzene ring substituents is 1. The van der Waals surface area contributed by atoms with Crippen molar-refractivity contribution in [3.8, 4) is 17.2 Å². The van der Waals surface area contributed by atoms with Gasteiger partial charge in [-0.2, -0.15) is 0 Å². The first-order valence-electron chi connectivity index (χ1n) is 8.42. The predicted octanol–water partition coefficient (Wildman–Crippen LogP) is 0.777. The number of fused-ring (bicyclic) bond motifs is 1. The number of carbonyl (C=O) groups is 1. The van der Waals surface area contributed by atoms with Gasteiger partial charge in [-0.1, -0.05) is 0 Å². The van der Waals surface area contributed by atoms with E-state index in [0.29, 0.717) is 0 Å². The van der Waals surface area contributed by atoms with Crippen molar-refractivity contribution in [3.05, 3.63) is 66.2 Å². The fourth-order valence-corrected chi connectivity index (χ4v) is 2.83. The highest BCUT2D eigenvalue weighted by molar-refractivity contribution is 5.95. The van der Waals surface area contributed by atoms with Crippen LogP contribution in [0.5, 0.6) is 17.2 Å². The molecule has 0 saturated carbocycles. The molecule has 3 rings (SSSR count). The van der Waals surface area contributed by atoms with E-state index in [1.807, 2.05) is 0 Å². The van der Waals surface area contributed by atoms with Gasteiger partial charge in [-0.3, -0.25) is 24.5 Å². The maximum atomic E-state index is 12.6. The molecule has 12 heteroatoms. The third-order valence-corrected chi connectivity index (χ3v) is 4.29. The van der Waals surface area contributed by atoms with Crippen LogP contribution in [-0.4, -0.2) is 40.1 Å². The second-order valence-electron chi connectivity index (χ2n) is 6.10. The number of aromatic nitrogens is 2. The summed E-state index contributed by atoms with van der Waals surface area (Å²) < 4.78 is 10.0. The molecule has 1 aromatic heterocycles. The monoisotopic (exact) mass is 416 g/mol. The number of aromatic hydroxyl groups is 1. The normalized spacial score (nSPS) is 10.6. The number of H-pyrrole nitrogens is 2. The molecule has 0 bridgehead atoms. The fourth-order valence-electron chi connectivity index (χ4n) is 2.83. The summed E-state index contributed by atoms with van der Waals surface area (Å²) >= 11 is 0. The summed E-state index contributed by atoms with van der Waals surface area (Å²) in [5.74, 6) is -0.842. The average molecular weight is 416 g/mol. The number of carbonyl (C=O) groups excluding carboxylic acids is 1. The number of aromatic amines is 2. The Hall–Kier alpha value is -4.35. The zero-order valence-electron chi connectivity index (χ0n) is 15.8. The minimum atomic E-state index is -0.957. The minimum Gasteiger partial charge on any atom is -0.502 e. The van der Waals surface area contributed by atoms with Gasteiger partial charge >= 0.3 is 11.1 Å². The number of amides is 1. The molecular formula is C18H16N4O8. The highest BCUT2D eigenvalue weighted by atomic mass is 16.6. The molecule has 1 heterocycles. The molecule has 0 saturated heterocycles. The van der Waals surface area contributed by atoms with E-state index in [4.69, 9.17) is 9.47 Å². The van der Waals surface area contributed by atoms with Gasteiger partial charge in [0.2, 0.25) is 5.75 Å². The van der Waals surface area contributed by atoms with Gasteiger partial charge in [-0.05, 0) is 12.1 Å². The lowest BCUT2D eigenvalue weighted by molar-refractivity contribution is -0.384. The summed E-state index contributed by atoms with van der Waals surface area (Å²) in [6.45, 7) is -0.204. The van der Waals surface area contributed by atoms with Crippen molar-refractivity contribution in [2.45, 2.75) is 6.54 Å². The minimum absolute atomic E-state index is 0.0159. The number of nitro groups is 1.